The Bertz CT molecular complexity index is 726. The van der Waals surface area contributed by atoms with Crippen molar-refractivity contribution in [1.29, 1.82) is 0 Å². The van der Waals surface area contributed by atoms with Crippen LogP contribution in [0.5, 0.6) is 0 Å². The van der Waals surface area contributed by atoms with Crippen LogP contribution in [-0.2, 0) is 0 Å². The highest BCUT2D eigenvalue weighted by Crippen LogP contribution is 2.38. The monoisotopic (exact) mass is 322 g/mol. The van der Waals surface area contributed by atoms with Gasteiger partial charge in [-0.3, -0.25) is 4.90 Å². The first-order valence-electron chi connectivity index (χ1n) is 7.74. The van der Waals surface area contributed by atoms with Crippen LogP contribution in [0.2, 0.25) is 0 Å². The van der Waals surface area contributed by atoms with Crippen molar-refractivity contribution in [2.45, 2.75) is 12.0 Å². The van der Waals surface area contributed by atoms with E-state index in [0.717, 1.165) is 18.1 Å². The van der Waals surface area contributed by atoms with Crippen molar-refractivity contribution in [3.8, 4) is 0 Å². The third-order valence-electron chi connectivity index (χ3n) is 4.31. The molecule has 0 aliphatic carbocycles. The smallest absolute Gasteiger partial charge is 0.203 e. The third-order valence-corrected chi connectivity index (χ3v) is 5.23. The van der Waals surface area contributed by atoms with Gasteiger partial charge < -0.3 is 5.73 Å². The molecule has 0 bridgehead atoms. The Hall–Kier alpha value is -2.24. The summed E-state index contributed by atoms with van der Waals surface area (Å²) in [6.07, 6.45) is 0. The van der Waals surface area contributed by atoms with E-state index >= 15 is 0 Å². The molecule has 116 valence electrons. The predicted octanol–water partition coefficient (Wildman–Crippen LogP) is 3.31. The second kappa shape index (κ2) is 6.10. The van der Waals surface area contributed by atoms with Gasteiger partial charge in [-0.05, 0) is 11.1 Å². The molecule has 1 saturated heterocycles. The number of benzene rings is 2. The number of likely N-dealkylation sites (tertiary alicyclic amines) is 1. The van der Waals surface area contributed by atoms with Gasteiger partial charge in [-0.1, -0.05) is 72.0 Å². The van der Waals surface area contributed by atoms with Crippen LogP contribution in [0.25, 0.3) is 0 Å². The van der Waals surface area contributed by atoms with E-state index in [1.54, 1.807) is 0 Å². The Balaban J connectivity index is 1.58. The number of rotatable bonds is 4. The standard InChI is InChI=1S/C18H18N4S/c19-18-21-20-17(23-18)15-11-22(12-15)16(13-7-3-1-4-8-13)14-9-5-2-6-10-14/h1-10,15-16H,11-12H2,(H2,19,21). The van der Waals surface area contributed by atoms with Gasteiger partial charge in [0.25, 0.3) is 0 Å². The Morgan fingerprint density at radius 1 is 0.913 bits per heavy atom. The zero-order chi connectivity index (χ0) is 15.6. The normalized spacial score (nSPS) is 15.7. The van der Waals surface area contributed by atoms with E-state index in [1.807, 2.05) is 0 Å². The minimum atomic E-state index is 0.291. The van der Waals surface area contributed by atoms with Crippen LogP contribution in [0.15, 0.2) is 60.7 Å². The number of hydrogen-bond acceptors (Lipinski definition) is 5. The van der Waals surface area contributed by atoms with Crippen molar-refractivity contribution < 1.29 is 0 Å². The van der Waals surface area contributed by atoms with Crippen LogP contribution < -0.4 is 5.73 Å². The zero-order valence-electron chi connectivity index (χ0n) is 12.7. The molecule has 23 heavy (non-hydrogen) atoms. The molecular weight excluding hydrogens is 304 g/mol. The molecule has 0 unspecified atom stereocenters. The van der Waals surface area contributed by atoms with E-state index < -0.39 is 0 Å². The summed E-state index contributed by atoms with van der Waals surface area (Å²) in [5, 5.41) is 9.74. The molecule has 1 aliphatic heterocycles. The topological polar surface area (TPSA) is 55.0 Å². The van der Waals surface area contributed by atoms with Crippen LogP contribution in [-0.4, -0.2) is 28.2 Å². The van der Waals surface area contributed by atoms with Gasteiger partial charge in [-0.25, -0.2) is 0 Å². The molecule has 4 nitrogen and oxygen atoms in total. The average Bonchev–Trinajstić information content (AvgIpc) is 2.98. The van der Waals surface area contributed by atoms with Gasteiger partial charge in [0.05, 0.1) is 6.04 Å². The SMILES string of the molecule is Nc1nnc(C2CN(C(c3ccccc3)c3ccccc3)C2)s1. The maximum atomic E-state index is 5.70. The number of nitrogens with zero attached hydrogens (tertiary/aromatic N) is 3. The molecule has 2 N–H and O–H groups in total. The summed E-state index contributed by atoms with van der Waals surface area (Å²) in [5.74, 6) is 0.444. The second-order valence-electron chi connectivity index (χ2n) is 5.85. The van der Waals surface area contributed by atoms with Crippen molar-refractivity contribution in [1.82, 2.24) is 15.1 Å². The largest absolute Gasteiger partial charge is 0.374 e. The fourth-order valence-electron chi connectivity index (χ4n) is 3.18. The lowest BCUT2D eigenvalue weighted by Crippen LogP contribution is -2.47. The summed E-state index contributed by atoms with van der Waals surface area (Å²) in [7, 11) is 0. The molecule has 2 heterocycles. The van der Waals surface area contributed by atoms with E-state index in [2.05, 4.69) is 75.8 Å². The molecule has 3 aromatic rings. The Kier molecular flexibility index (Phi) is 3.81. The van der Waals surface area contributed by atoms with Crippen molar-refractivity contribution in [3.63, 3.8) is 0 Å². The van der Waals surface area contributed by atoms with Gasteiger partial charge in [-0.2, -0.15) is 0 Å². The lowest BCUT2D eigenvalue weighted by atomic mass is 9.90. The Morgan fingerprint density at radius 2 is 1.48 bits per heavy atom. The van der Waals surface area contributed by atoms with E-state index in [1.165, 1.54) is 22.5 Å². The Labute approximate surface area is 139 Å². The van der Waals surface area contributed by atoms with Gasteiger partial charge in [-0.15, -0.1) is 10.2 Å². The molecule has 0 atom stereocenters. The molecule has 1 aromatic heterocycles. The van der Waals surface area contributed by atoms with Gasteiger partial charge >= 0.3 is 0 Å². The Morgan fingerprint density at radius 3 is 1.96 bits per heavy atom. The molecule has 0 spiro atoms. The van der Waals surface area contributed by atoms with Crippen LogP contribution in [0.1, 0.15) is 28.1 Å². The molecule has 4 rings (SSSR count). The summed E-state index contributed by atoms with van der Waals surface area (Å²) in [5.41, 5.74) is 8.36. The quantitative estimate of drug-likeness (QED) is 0.800. The molecule has 0 saturated carbocycles. The van der Waals surface area contributed by atoms with Gasteiger partial charge in [0.2, 0.25) is 5.13 Å². The fourth-order valence-corrected chi connectivity index (χ4v) is 3.87. The fraction of sp³-hybridized carbons (Fsp3) is 0.222. The van der Waals surface area contributed by atoms with Crippen molar-refractivity contribution in [3.05, 3.63) is 76.8 Å². The van der Waals surface area contributed by atoms with Crippen LogP contribution in [0.4, 0.5) is 5.13 Å². The lowest BCUT2D eigenvalue weighted by molar-refractivity contribution is 0.111. The summed E-state index contributed by atoms with van der Waals surface area (Å²) < 4.78 is 0. The van der Waals surface area contributed by atoms with E-state index in [0.29, 0.717) is 17.1 Å². The molecule has 0 radical (unpaired) electrons. The molecular formula is C18H18N4S. The van der Waals surface area contributed by atoms with Gasteiger partial charge in [0.1, 0.15) is 5.01 Å². The summed E-state index contributed by atoms with van der Waals surface area (Å²) in [6, 6.07) is 21.6. The molecule has 5 heteroatoms. The first-order valence-corrected chi connectivity index (χ1v) is 8.56. The highest BCUT2D eigenvalue weighted by molar-refractivity contribution is 7.15. The predicted molar refractivity (Wildman–Crippen MR) is 93.4 cm³/mol. The average molecular weight is 322 g/mol. The number of aromatic nitrogens is 2. The van der Waals surface area contributed by atoms with Crippen molar-refractivity contribution in [2.75, 3.05) is 18.8 Å². The maximum absolute atomic E-state index is 5.70. The summed E-state index contributed by atoms with van der Waals surface area (Å²) >= 11 is 1.51. The van der Waals surface area contributed by atoms with E-state index in [-0.39, 0.29) is 0 Å². The minimum Gasteiger partial charge on any atom is -0.374 e. The van der Waals surface area contributed by atoms with Crippen LogP contribution in [0, 0.1) is 0 Å². The number of nitrogens with two attached hydrogens (primary N) is 1. The van der Waals surface area contributed by atoms with Crippen LogP contribution in [0.3, 0.4) is 0 Å². The van der Waals surface area contributed by atoms with Crippen molar-refractivity contribution in [2.24, 2.45) is 0 Å². The van der Waals surface area contributed by atoms with Crippen molar-refractivity contribution >= 4 is 16.5 Å². The third kappa shape index (κ3) is 2.85. The number of anilines is 1. The van der Waals surface area contributed by atoms with E-state index in [9.17, 15) is 0 Å². The maximum Gasteiger partial charge on any atom is 0.203 e. The van der Waals surface area contributed by atoms with Gasteiger partial charge in [0, 0.05) is 19.0 Å². The van der Waals surface area contributed by atoms with E-state index in [4.69, 9.17) is 5.73 Å². The molecule has 1 aliphatic rings. The minimum absolute atomic E-state index is 0.291. The first-order chi connectivity index (χ1) is 11.3. The van der Waals surface area contributed by atoms with Gasteiger partial charge in [0.15, 0.2) is 0 Å². The summed E-state index contributed by atoms with van der Waals surface area (Å²) in [6.45, 7) is 1.98. The van der Waals surface area contributed by atoms with Crippen LogP contribution >= 0.6 is 11.3 Å². The number of hydrogen-bond donors (Lipinski definition) is 1. The molecule has 2 aromatic carbocycles. The first kappa shape index (κ1) is 14.4. The summed E-state index contributed by atoms with van der Waals surface area (Å²) in [4.78, 5) is 2.49. The molecule has 1 fully saturated rings. The highest BCUT2D eigenvalue weighted by atomic mass is 32.1. The highest BCUT2D eigenvalue weighted by Gasteiger charge is 2.36. The number of nitrogen functional groups attached to an aromatic ring is 1. The zero-order valence-corrected chi connectivity index (χ0v) is 13.5. The molecule has 0 amide bonds. The second-order valence-corrected chi connectivity index (χ2v) is 6.89. The lowest BCUT2D eigenvalue weighted by Gasteiger charge is -2.43.